The molecule has 3 nitrogen and oxygen atoms in total. The van der Waals surface area contributed by atoms with E-state index < -0.39 is 17.9 Å². The Bertz CT molecular complexity index is 468. The second-order valence-electron chi connectivity index (χ2n) is 5.22. The molecule has 1 aromatic rings. The maximum absolute atomic E-state index is 13.3. The zero-order valence-corrected chi connectivity index (χ0v) is 11.9. The van der Waals surface area contributed by atoms with Crippen LogP contribution in [0.5, 0.6) is 0 Å². The SMILES string of the molecule is CCNCc1cc(F)cnc1N1CCC(C(F)(F)F)CC1. The predicted octanol–water partition coefficient (Wildman–Crippen LogP) is 3.11. The van der Waals surface area contributed by atoms with Crippen LogP contribution in [0.1, 0.15) is 25.3 Å². The number of aromatic nitrogens is 1. The van der Waals surface area contributed by atoms with Gasteiger partial charge in [-0.2, -0.15) is 13.2 Å². The van der Waals surface area contributed by atoms with Crippen molar-refractivity contribution in [1.29, 1.82) is 0 Å². The average molecular weight is 305 g/mol. The number of piperidine rings is 1. The molecule has 1 aliphatic rings. The van der Waals surface area contributed by atoms with Gasteiger partial charge in [0.15, 0.2) is 0 Å². The molecule has 0 radical (unpaired) electrons. The molecular formula is C14H19F4N3. The number of halogens is 4. The van der Waals surface area contributed by atoms with Crippen LogP contribution in [-0.2, 0) is 6.54 Å². The van der Waals surface area contributed by atoms with Crippen LogP contribution in [0.15, 0.2) is 12.3 Å². The molecule has 0 bridgehead atoms. The van der Waals surface area contributed by atoms with Gasteiger partial charge in [0, 0.05) is 25.2 Å². The highest BCUT2D eigenvalue weighted by Crippen LogP contribution is 2.35. The fourth-order valence-electron chi connectivity index (χ4n) is 2.57. The van der Waals surface area contributed by atoms with Crippen LogP contribution in [0.2, 0.25) is 0 Å². The molecule has 1 N–H and O–H groups in total. The van der Waals surface area contributed by atoms with Crippen molar-refractivity contribution in [2.24, 2.45) is 5.92 Å². The van der Waals surface area contributed by atoms with E-state index in [2.05, 4.69) is 10.3 Å². The third-order valence-electron chi connectivity index (χ3n) is 3.73. The van der Waals surface area contributed by atoms with E-state index >= 15 is 0 Å². The molecule has 2 heterocycles. The summed E-state index contributed by atoms with van der Waals surface area (Å²) in [5.74, 6) is -1.10. The Hall–Kier alpha value is -1.37. The minimum absolute atomic E-state index is 0.0587. The lowest BCUT2D eigenvalue weighted by atomic mass is 9.96. The van der Waals surface area contributed by atoms with Crippen molar-refractivity contribution in [1.82, 2.24) is 10.3 Å². The molecule has 0 spiro atoms. The van der Waals surface area contributed by atoms with Gasteiger partial charge in [-0.15, -0.1) is 0 Å². The van der Waals surface area contributed by atoms with E-state index in [1.54, 1.807) is 0 Å². The van der Waals surface area contributed by atoms with Gasteiger partial charge in [0.1, 0.15) is 11.6 Å². The molecule has 0 saturated carbocycles. The van der Waals surface area contributed by atoms with E-state index in [0.717, 1.165) is 12.7 Å². The maximum Gasteiger partial charge on any atom is 0.391 e. The fourth-order valence-corrected chi connectivity index (χ4v) is 2.57. The van der Waals surface area contributed by atoms with E-state index in [9.17, 15) is 17.6 Å². The zero-order valence-electron chi connectivity index (χ0n) is 11.9. The number of nitrogens with one attached hydrogen (secondary N) is 1. The first kappa shape index (κ1) is 16.0. The standard InChI is InChI=1S/C14H19F4N3/c1-2-19-8-10-7-12(15)9-20-13(10)21-5-3-11(4-6-21)14(16,17)18/h7,9,11,19H,2-6,8H2,1H3. The summed E-state index contributed by atoms with van der Waals surface area (Å²) in [7, 11) is 0. The summed E-state index contributed by atoms with van der Waals surface area (Å²) in [5.41, 5.74) is 0.683. The van der Waals surface area contributed by atoms with E-state index in [0.29, 0.717) is 31.0 Å². The summed E-state index contributed by atoms with van der Waals surface area (Å²) in [6.07, 6.45) is -2.90. The Morgan fingerprint density at radius 1 is 1.33 bits per heavy atom. The quantitative estimate of drug-likeness (QED) is 0.866. The van der Waals surface area contributed by atoms with Crippen molar-refractivity contribution in [2.45, 2.75) is 32.5 Å². The molecule has 1 fully saturated rings. The number of alkyl halides is 3. The average Bonchev–Trinajstić information content (AvgIpc) is 2.44. The van der Waals surface area contributed by atoms with E-state index in [1.165, 1.54) is 6.07 Å². The van der Waals surface area contributed by atoms with Crippen LogP contribution in [-0.4, -0.2) is 30.8 Å². The Balaban J connectivity index is 2.09. The van der Waals surface area contributed by atoms with Crippen molar-refractivity contribution < 1.29 is 17.6 Å². The predicted molar refractivity (Wildman–Crippen MR) is 72.6 cm³/mol. The van der Waals surface area contributed by atoms with Crippen molar-refractivity contribution in [2.75, 3.05) is 24.5 Å². The van der Waals surface area contributed by atoms with Crippen LogP contribution in [0.4, 0.5) is 23.4 Å². The van der Waals surface area contributed by atoms with Gasteiger partial charge in [0.25, 0.3) is 0 Å². The molecule has 0 aromatic carbocycles. The maximum atomic E-state index is 13.3. The molecule has 2 rings (SSSR count). The van der Waals surface area contributed by atoms with E-state index in [-0.39, 0.29) is 12.8 Å². The van der Waals surface area contributed by atoms with Crippen molar-refractivity contribution in [3.05, 3.63) is 23.6 Å². The van der Waals surface area contributed by atoms with Gasteiger partial charge in [-0.25, -0.2) is 9.37 Å². The topological polar surface area (TPSA) is 28.2 Å². The number of nitrogens with zero attached hydrogens (tertiary/aromatic N) is 2. The summed E-state index contributed by atoms with van der Waals surface area (Å²) in [6.45, 7) is 3.70. The lowest BCUT2D eigenvalue weighted by Gasteiger charge is -2.34. The van der Waals surface area contributed by atoms with Gasteiger partial charge >= 0.3 is 6.18 Å². The van der Waals surface area contributed by atoms with Crippen LogP contribution in [0, 0.1) is 11.7 Å². The van der Waals surface area contributed by atoms with Gasteiger partial charge in [0.2, 0.25) is 0 Å². The fraction of sp³-hybridized carbons (Fsp3) is 0.643. The smallest absolute Gasteiger partial charge is 0.356 e. The Labute approximate surface area is 121 Å². The number of anilines is 1. The molecule has 1 saturated heterocycles. The lowest BCUT2D eigenvalue weighted by Crippen LogP contribution is -2.40. The highest BCUT2D eigenvalue weighted by Gasteiger charge is 2.41. The molecule has 1 aromatic heterocycles. The molecule has 0 atom stereocenters. The molecule has 7 heteroatoms. The van der Waals surface area contributed by atoms with Gasteiger partial charge in [-0.05, 0) is 25.5 Å². The second kappa shape index (κ2) is 6.60. The summed E-state index contributed by atoms with van der Waals surface area (Å²) in [4.78, 5) is 5.89. The van der Waals surface area contributed by atoms with Crippen molar-refractivity contribution in [3.63, 3.8) is 0 Å². The minimum atomic E-state index is -4.13. The summed E-state index contributed by atoms with van der Waals surface area (Å²) >= 11 is 0. The third-order valence-corrected chi connectivity index (χ3v) is 3.73. The van der Waals surface area contributed by atoms with Gasteiger partial charge < -0.3 is 10.2 Å². The normalized spacial score (nSPS) is 17.3. The van der Waals surface area contributed by atoms with Crippen LogP contribution in [0.25, 0.3) is 0 Å². The largest absolute Gasteiger partial charge is 0.391 e. The third kappa shape index (κ3) is 4.06. The molecule has 0 unspecified atom stereocenters. The summed E-state index contributed by atoms with van der Waals surface area (Å²) < 4.78 is 51.3. The molecule has 1 aliphatic heterocycles. The van der Waals surface area contributed by atoms with E-state index in [4.69, 9.17) is 0 Å². The number of hydrogen-bond acceptors (Lipinski definition) is 3. The molecule has 118 valence electrons. The Kier molecular flexibility index (Phi) is 5.03. The van der Waals surface area contributed by atoms with Crippen LogP contribution in [0.3, 0.4) is 0 Å². The highest BCUT2D eigenvalue weighted by atomic mass is 19.4. The van der Waals surface area contributed by atoms with Gasteiger partial charge in [-0.1, -0.05) is 6.92 Å². The summed E-state index contributed by atoms with van der Waals surface area (Å²) in [6, 6.07) is 1.39. The molecule has 0 aliphatic carbocycles. The van der Waals surface area contributed by atoms with Crippen LogP contribution >= 0.6 is 0 Å². The van der Waals surface area contributed by atoms with Gasteiger partial charge in [0.05, 0.1) is 12.1 Å². The van der Waals surface area contributed by atoms with E-state index in [1.807, 2.05) is 11.8 Å². The van der Waals surface area contributed by atoms with Crippen molar-refractivity contribution >= 4 is 5.82 Å². The first-order chi connectivity index (χ1) is 9.91. The molecular weight excluding hydrogens is 286 g/mol. The Morgan fingerprint density at radius 3 is 2.57 bits per heavy atom. The zero-order chi connectivity index (χ0) is 15.5. The minimum Gasteiger partial charge on any atom is -0.356 e. The lowest BCUT2D eigenvalue weighted by molar-refractivity contribution is -0.179. The highest BCUT2D eigenvalue weighted by molar-refractivity contribution is 5.47. The number of rotatable bonds is 4. The molecule has 21 heavy (non-hydrogen) atoms. The van der Waals surface area contributed by atoms with Crippen LogP contribution < -0.4 is 10.2 Å². The first-order valence-electron chi connectivity index (χ1n) is 7.08. The Morgan fingerprint density at radius 2 is 2.00 bits per heavy atom. The number of hydrogen-bond donors (Lipinski definition) is 1. The van der Waals surface area contributed by atoms with Gasteiger partial charge in [-0.3, -0.25) is 0 Å². The first-order valence-corrected chi connectivity index (χ1v) is 7.08. The number of pyridine rings is 1. The summed E-state index contributed by atoms with van der Waals surface area (Å²) in [5, 5.41) is 3.09. The molecule has 0 amide bonds. The second-order valence-corrected chi connectivity index (χ2v) is 5.22. The monoisotopic (exact) mass is 305 g/mol. The van der Waals surface area contributed by atoms with Crippen molar-refractivity contribution in [3.8, 4) is 0 Å².